The number of imidazole rings is 1. The van der Waals surface area contributed by atoms with Gasteiger partial charge >= 0.3 is 0 Å². The second-order valence-corrected chi connectivity index (χ2v) is 8.12. The Balaban J connectivity index is 1.51. The Morgan fingerprint density at radius 2 is 1.77 bits per heavy atom. The zero-order valence-electron chi connectivity index (χ0n) is 17.3. The van der Waals surface area contributed by atoms with Gasteiger partial charge in [0.2, 0.25) is 0 Å². The van der Waals surface area contributed by atoms with Crippen molar-refractivity contribution in [2.75, 3.05) is 6.54 Å². The number of benzene rings is 1. The highest BCUT2D eigenvalue weighted by Gasteiger charge is 2.35. The summed E-state index contributed by atoms with van der Waals surface area (Å²) in [5.74, 6) is 1.07. The minimum atomic E-state index is 0.251. The summed E-state index contributed by atoms with van der Waals surface area (Å²) in [6, 6.07) is 19.2. The molecule has 30 heavy (non-hydrogen) atoms. The topological polar surface area (TPSA) is 57.7 Å². The number of aromatic amines is 1. The Hall–Kier alpha value is -3.05. The smallest absolute Gasteiger partial charge is 0.124 e. The van der Waals surface area contributed by atoms with Crippen molar-refractivity contribution in [1.29, 1.82) is 0 Å². The van der Waals surface area contributed by atoms with Gasteiger partial charge in [0.1, 0.15) is 5.82 Å². The van der Waals surface area contributed by atoms with Crippen molar-refractivity contribution in [2.45, 2.75) is 44.7 Å². The molecule has 0 amide bonds. The molecule has 1 saturated heterocycles. The lowest BCUT2D eigenvalue weighted by Crippen LogP contribution is -2.39. The molecule has 3 aromatic heterocycles. The molecule has 1 aliphatic heterocycles. The van der Waals surface area contributed by atoms with Crippen LogP contribution in [0.15, 0.2) is 67.0 Å². The first-order valence-electron chi connectivity index (χ1n) is 10.8. The quantitative estimate of drug-likeness (QED) is 0.505. The molecule has 0 radical (unpaired) electrons. The molecule has 4 heterocycles. The van der Waals surface area contributed by atoms with Crippen molar-refractivity contribution in [1.82, 2.24) is 24.8 Å². The van der Waals surface area contributed by atoms with Gasteiger partial charge in [0.05, 0.1) is 28.8 Å². The predicted octanol–water partition coefficient (Wildman–Crippen LogP) is 5.17. The van der Waals surface area contributed by atoms with E-state index >= 15 is 0 Å². The average molecular weight is 398 g/mol. The fraction of sp³-hybridized carbons (Fsp3) is 0.320. The van der Waals surface area contributed by atoms with Crippen LogP contribution >= 0.6 is 0 Å². The summed E-state index contributed by atoms with van der Waals surface area (Å²) in [5, 5.41) is 0. The largest absolute Gasteiger partial charge is 0.341 e. The van der Waals surface area contributed by atoms with E-state index in [1.807, 2.05) is 30.6 Å². The highest BCUT2D eigenvalue weighted by atomic mass is 15.2. The Morgan fingerprint density at radius 1 is 0.933 bits per heavy atom. The van der Waals surface area contributed by atoms with Crippen LogP contribution in [-0.4, -0.2) is 31.4 Å². The van der Waals surface area contributed by atoms with Gasteiger partial charge in [0.25, 0.3) is 0 Å². The van der Waals surface area contributed by atoms with Gasteiger partial charge < -0.3 is 4.98 Å². The molecule has 4 aromatic rings. The number of fused-ring (bicyclic) bond motifs is 1. The molecule has 2 atom stereocenters. The first-order valence-corrected chi connectivity index (χ1v) is 10.8. The third-order valence-electron chi connectivity index (χ3n) is 6.20. The number of aromatic nitrogens is 4. The Bertz CT molecular complexity index is 1090. The van der Waals surface area contributed by atoms with Gasteiger partial charge in [-0.05, 0) is 62.1 Å². The molecule has 0 aliphatic carbocycles. The van der Waals surface area contributed by atoms with E-state index in [9.17, 15) is 0 Å². The predicted molar refractivity (Wildman–Crippen MR) is 119 cm³/mol. The number of pyridine rings is 2. The molecule has 1 aromatic carbocycles. The van der Waals surface area contributed by atoms with Gasteiger partial charge in [0, 0.05) is 31.1 Å². The molecular formula is C25H27N5. The van der Waals surface area contributed by atoms with Gasteiger partial charge in [-0.15, -0.1) is 0 Å². The molecule has 5 nitrogen and oxygen atoms in total. The third kappa shape index (κ3) is 3.73. The number of H-pyrrole nitrogens is 1. The van der Waals surface area contributed by atoms with Crippen LogP contribution in [-0.2, 0) is 6.42 Å². The van der Waals surface area contributed by atoms with Gasteiger partial charge in [-0.1, -0.05) is 24.3 Å². The van der Waals surface area contributed by atoms with E-state index in [0.29, 0.717) is 6.04 Å². The van der Waals surface area contributed by atoms with Crippen LogP contribution in [0.5, 0.6) is 0 Å². The van der Waals surface area contributed by atoms with Crippen LogP contribution in [0.4, 0.5) is 0 Å². The molecule has 1 aliphatic rings. The average Bonchev–Trinajstić information content (AvgIpc) is 3.23. The molecule has 5 heteroatoms. The minimum Gasteiger partial charge on any atom is -0.341 e. The van der Waals surface area contributed by atoms with E-state index < -0.39 is 0 Å². The maximum absolute atomic E-state index is 4.96. The number of hydrogen-bond acceptors (Lipinski definition) is 4. The first-order chi connectivity index (χ1) is 14.8. The standard InChI is InChI=1S/C25H27N5/c1-18-8-7-16-27-24(18)22-12-6-13-23(25-28-20-10-2-3-11-21(20)29-25)30(22)17-14-19-9-4-5-15-26-19/h2-5,7-11,15-16,22-23H,6,12-14,17H2,1H3,(H,28,29)/t22-,23+/m0/s1. The lowest BCUT2D eigenvalue weighted by molar-refractivity contribution is 0.0756. The zero-order chi connectivity index (χ0) is 20.3. The Kier molecular flexibility index (Phi) is 5.28. The molecular weight excluding hydrogens is 370 g/mol. The monoisotopic (exact) mass is 397 g/mol. The van der Waals surface area contributed by atoms with Crippen LogP contribution in [0.1, 0.15) is 54.1 Å². The van der Waals surface area contributed by atoms with Gasteiger partial charge in [0.15, 0.2) is 0 Å². The number of likely N-dealkylation sites (tertiary alicyclic amines) is 1. The second-order valence-electron chi connectivity index (χ2n) is 8.12. The SMILES string of the molecule is Cc1cccnc1[C@@H]1CCC[C@H](c2nc3ccccc3[nH]2)N1CCc1ccccn1. The number of aryl methyl sites for hydroxylation is 1. The summed E-state index contributed by atoms with van der Waals surface area (Å²) >= 11 is 0. The molecule has 0 unspecified atom stereocenters. The van der Waals surface area contributed by atoms with Crippen molar-refractivity contribution in [2.24, 2.45) is 0 Å². The van der Waals surface area contributed by atoms with Crippen LogP contribution in [0.25, 0.3) is 11.0 Å². The maximum Gasteiger partial charge on any atom is 0.124 e. The molecule has 0 spiro atoms. The highest BCUT2D eigenvalue weighted by Crippen LogP contribution is 2.41. The van der Waals surface area contributed by atoms with Gasteiger partial charge in [-0.25, -0.2) is 4.98 Å². The summed E-state index contributed by atoms with van der Waals surface area (Å²) < 4.78 is 0. The minimum absolute atomic E-state index is 0.251. The third-order valence-corrected chi connectivity index (χ3v) is 6.20. The number of rotatable bonds is 5. The van der Waals surface area contributed by atoms with E-state index in [1.165, 1.54) is 17.7 Å². The lowest BCUT2D eigenvalue weighted by Gasteiger charge is -2.41. The summed E-state index contributed by atoms with van der Waals surface area (Å²) in [4.78, 5) is 20.5. The van der Waals surface area contributed by atoms with Crippen molar-refractivity contribution in [3.05, 3.63) is 89.8 Å². The summed E-state index contributed by atoms with van der Waals surface area (Å²) in [6.07, 6.45) is 8.11. The fourth-order valence-electron chi connectivity index (χ4n) is 4.72. The summed E-state index contributed by atoms with van der Waals surface area (Å²) in [6.45, 7) is 3.10. The number of hydrogen-bond donors (Lipinski definition) is 1. The van der Waals surface area contributed by atoms with E-state index in [4.69, 9.17) is 9.97 Å². The Labute approximate surface area is 177 Å². The normalized spacial score (nSPS) is 19.9. The van der Waals surface area contributed by atoms with Crippen molar-refractivity contribution >= 4 is 11.0 Å². The van der Waals surface area contributed by atoms with Gasteiger partial charge in [-0.3, -0.25) is 14.9 Å². The zero-order valence-corrected chi connectivity index (χ0v) is 17.3. The van der Waals surface area contributed by atoms with Crippen LogP contribution in [0.3, 0.4) is 0 Å². The lowest BCUT2D eigenvalue weighted by atomic mass is 9.91. The number of para-hydroxylation sites is 2. The number of nitrogens with one attached hydrogen (secondary N) is 1. The van der Waals surface area contributed by atoms with Gasteiger partial charge in [-0.2, -0.15) is 0 Å². The maximum atomic E-state index is 4.96. The Morgan fingerprint density at radius 3 is 2.60 bits per heavy atom. The number of nitrogens with zero attached hydrogens (tertiary/aromatic N) is 4. The molecule has 152 valence electrons. The van der Waals surface area contributed by atoms with E-state index in [0.717, 1.165) is 48.4 Å². The molecule has 0 bridgehead atoms. The van der Waals surface area contributed by atoms with Crippen LogP contribution in [0.2, 0.25) is 0 Å². The molecule has 1 N–H and O–H groups in total. The second kappa shape index (κ2) is 8.36. The molecule has 0 saturated carbocycles. The van der Waals surface area contributed by atoms with E-state index in [-0.39, 0.29) is 6.04 Å². The van der Waals surface area contributed by atoms with Crippen molar-refractivity contribution in [3.8, 4) is 0 Å². The molecule has 1 fully saturated rings. The van der Waals surface area contributed by atoms with Crippen LogP contribution < -0.4 is 0 Å². The number of piperidine rings is 1. The van der Waals surface area contributed by atoms with Crippen molar-refractivity contribution in [3.63, 3.8) is 0 Å². The first kappa shape index (κ1) is 18.9. The van der Waals surface area contributed by atoms with Crippen LogP contribution in [0, 0.1) is 6.92 Å². The van der Waals surface area contributed by atoms with Crippen molar-refractivity contribution < 1.29 is 0 Å². The highest BCUT2D eigenvalue weighted by molar-refractivity contribution is 5.74. The van der Waals surface area contributed by atoms with E-state index in [2.05, 4.69) is 58.2 Å². The van der Waals surface area contributed by atoms with E-state index in [1.54, 1.807) is 0 Å². The summed E-state index contributed by atoms with van der Waals surface area (Å²) in [5.41, 5.74) is 5.72. The fourth-order valence-corrected chi connectivity index (χ4v) is 4.72. The summed E-state index contributed by atoms with van der Waals surface area (Å²) in [7, 11) is 0. The molecule has 5 rings (SSSR count).